The second-order valence-corrected chi connectivity index (χ2v) is 5.84. The molecular weight excluding hydrogens is 297 g/mol. The maximum Gasteiger partial charge on any atom is 0.254 e. The summed E-state index contributed by atoms with van der Waals surface area (Å²) in [5.41, 5.74) is -0.544. The van der Waals surface area contributed by atoms with Gasteiger partial charge in [-0.25, -0.2) is 4.98 Å². The maximum atomic E-state index is 12.3. The molecule has 1 saturated carbocycles. The predicted octanol–water partition coefficient (Wildman–Crippen LogP) is 3.73. The second-order valence-electron chi connectivity index (χ2n) is 5.05. The molecule has 6 heteroatoms. The van der Waals surface area contributed by atoms with Crippen LogP contribution in [0.1, 0.15) is 48.9 Å². The van der Waals surface area contributed by atoms with Crippen LogP contribution in [0.4, 0.5) is 0 Å². The van der Waals surface area contributed by atoms with E-state index in [0.717, 1.165) is 25.7 Å². The highest BCUT2D eigenvalue weighted by atomic mass is 35.5. The lowest BCUT2D eigenvalue weighted by molar-refractivity contribution is 0.0913. The van der Waals surface area contributed by atoms with Gasteiger partial charge in [-0.15, -0.1) is 0 Å². The molecule has 20 heavy (non-hydrogen) atoms. The number of hydrogen-bond acceptors (Lipinski definition) is 3. The lowest BCUT2D eigenvalue weighted by Crippen LogP contribution is -2.47. The van der Waals surface area contributed by atoms with E-state index >= 15 is 0 Å². The van der Waals surface area contributed by atoms with Gasteiger partial charge in [0.15, 0.2) is 0 Å². The number of amides is 1. The van der Waals surface area contributed by atoms with Crippen LogP contribution < -0.4 is 5.32 Å². The third-order valence-corrected chi connectivity index (χ3v) is 4.10. The number of hydrogen-bond donors (Lipinski definition) is 1. The van der Waals surface area contributed by atoms with E-state index in [-0.39, 0.29) is 21.6 Å². The van der Waals surface area contributed by atoms with Crippen molar-refractivity contribution in [3.05, 3.63) is 28.0 Å². The molecule has 0 unspecified atom stereocenters. The summed E-state index contributed by atoms with van der Waals surface area (Å²) >= 11 is 11.7. The molecule has 1 fully saturated rings. The van der Waals surface area contributed by atoms with E-state index in [2.05, 4.69) is 16.4 Å². The standard InChI is InChI=1S/C14H15Cl2N3O/c15-11-8-18-12(16)7-10(11)13(20)19-14(9-17)5-3-1-2-4-6-14/h7-8H,1-6H2,(H,19,20). The Bertz CT molecular complexity index is 546. The number of nitrogens with zero attached hydrogens (tertiary/aromatic N) is 2. The average molecular weight is 312 g/mol. The molecule has 1 aromatic heterocycles. The van der Waals surface area contributed by atoms with Gasteiger partial charge in [-0.05, 0) is 18.9 Å². The minimum atomic E-state index is -0.799. The molecule has 1 N–H and O–H groups in total. The fourth-order valence-electron chi connectivity index (χ4n) is 2.47. The van der Waals surface area contributed by atoms with Crippen molar-refractivity contribution in [3.63, 3.8) is 0 Å². The number of halogens is 2. The minimum Gasteiger partial charge on any atom is -0.334 e. The van der Waals surface area contributed by atoms with Crippen LogP contribution in [0.2, 0.25) is 10.2 Å². The van der Waals surface area contributed by atoms with Gasteiger partial charge in [0, 0.05) is 6.20 Å². The largest absolute Gasteiger partial charge is 0.334 e. The fraction of sp³-hybridized carbons (Fsp3) is 0.500. The Kier molecular flexibility index (Phi) is 4.85. The van der Waals surface area contributed by atoms with Gasteiger partial charge in [0.2, 0.25) is 0 Å². The van der Waals surface area contributed by atoms with E-state index in [0.29, 0.717) is 12.8 Å². The quantitative estimate of drug-likeness (QED) is 0.668. The van der Waals surface area contributed by atoms with E-state index < -0.39 is 5.54 Å². The van der Waals surface area contributed by atoms with Gasteiger partial charge < -0.3 is 5.32 Å². The van der Waals surface area contributed by atoms with Crippen LogP contribution in [0.5, 0.6) is 0 Å². The van der Waals surface area contributed by atoms with Gasteiger partial charge in [0.1, 0.15) is 10.7 Å². The first-order valence-corrected chi connectivity index (χ1v) is 7.37. The summed E-state index contributed by atoms with van der Waals surface area (Å²) in [6.45, 7) is 0. The number of rotatable bonds is 2. The van der Waals surface area contributed by atoms with E-state index in [1.54, 1.807) is 0 Å². The zero-order valence-electron chi connectivity index (χ0n) is 11.0. The molecule has 0 spiro atoms. The van der Waals surface area contributed by atoms with Crippen LogP contribution in [0.25, 0.3) is 0 Å². The average Bonchev–Trinajstić information content (AvgIpc) is 2.67. The zero-order valence-corrected chi connectivity index (χ0v) is 12.5. The molecule has 1 heterocycles. The zero-order chi connectivity index (χ0) is 14.6. The maximum absolute atomic E-state index is 12.3. The first-order valence-electron chi connectivity index (χ1n) is 6.61. The molecule has 0 radical (unpaired) electrons. The number of nitrogens with one attached hydrogen (secondary N) is 1. The van der Waals surface area contributed by atoms with Crippen LogP contribution in [0, 0.1) is 11.3 Å². The summed E-state index contributed by atoms with van der Waals surface area (Å²) in [5, 5.41) is 12.7. The third kappa shape index (κ3) is 3.41. The number of aromatic nitrogens is 1. The van der Waals surface area contributed by atoms with Crippen LogP contribution in [0.15, 0.2) is 12.3 Å². The summed E-state index contributed by atoms with van der Waals surface area (Å²) in [6, 6.07) is 3.69. The van der Waals surface area contributed by atoms with Gasteiger partial charge in [-0.3, -0.25) is 4.79 Å². The SMILES string of the molecule is N#CC1(NC(=O)c2cc(Cl)ncc2Cl)CCCCCC1. The molecule has 0 saturated heterocycles. The molecule has 0 bridgehead atoms. The van der Waals surface area contributed by atoms with Crippen molar-refractivity contribution in [2.75, 3.05) is 0 Å². The van der Waals surface area contributed by atoms with Crippen molar-refractivity contribution in [1.82, 2.24) is 10.3 Å². The van der Waals surface area contributed by atoms with Gasteiger partial charge in [-0.2, -0.15) is 5.26 Å². The predicted molar refractivity (Wildman–Crippen MR) is 77.8 cm³/mol. The Morgan fingerprint density at radius 1 is 1.30 bits per heavy atom. The molecule has 106 valence electrons. The molecular formula is C14H15Cl2N3O. The molecule has 0 aromatic carbocycles. The van der Waals surface area contributed by atoms with Crippen LogP contribution in [-0.4, -0.2) is 16.4 Å². The van der Waals surface area contributed by atoms with E-state index in [1.165, 1.54) is 12.3 Å². The third-order valence-electron chi connectivity index (χ3n) is 3.59. The molecule has 0 aliphatic heterocycles. The van der Waals surface area contributed by atoms with Gasteiger partial charge in [-0.1, -0.05) is 48.9 Å². The van der Waals surface area contributed by atoms with Gasteiger partial charge in [0.25, 0.3) is 5.91 Å². The Labute approximate surface area is 128 Å². The number of pyridine rings is 1. The number of carbonyl (C=O) groups excluding carboxylic acids is 1. The molecule has 1 aliphatic rings. The Morgan fingerprint density at radius 3 is 2.55 bits per heavy atom. The number of carbonyl (C=O) groups is 1. The first kappa shape index (κ1) is 15.1. The fourth-order valence-corrected chi connectivity index (χ4v) is 2.82. The van der Waals surface area contributed by atoms with E-state index in [4.69, 9.17) is 23.2 Å². The summed E-state index contributed by atoms with van der Waals surface area (Å²) in [4.78, 5) is 16.1. The van der Waals surface area contributed by atoms with E-state index in [1.807, 2.05) is 0 Å². The van der Waals surface area contributed by atoms with Gasteiger partial charge >= 0.3 is 0 Å². The summed E-state index contributed by atoms with van der Waals surface area (Å²) in [6.07, 6.45) is 6.77. The molecule has 2 rings (SSSR count). The first-order chi connectivity index (χ1) is 9.56. The van der Waals surface area contributed by atoms with Crippen LogP contribution >= 0.6 is 23.2 Å². The lowest BCUT2D eigenvalue weighted by atomic mass is 9.91. The Hall–Kier alpha value is -1.31. The van der Waals surface area contributed by atoms with E-state index in [9.17, 15) is 10.1 Å². The highest BCUT2D eigenvalue weighted by Gasteiger charge is 2.33. The Morgan fingerprint density at radius 2 is 1.95 bits per heavy atom. The highest BCUT2D eigenvalue weighted by Crippen LogP contribution is 2.28. The summed E-state index contributed by atoms with van der Waals surface area (Å²) in [5.74, 6) is -0.372. The normalized spacial score (nSPS) is 17.9. The van der Waals surface area contributed by atoms with Crippen LogP contribution in [-0.2, 0) is 0 Å². The minimum absolute atomic E-state index is 0.200. The van der Waals surface area contributed by atoms with Crippen molar-refractivity contribution in [2.24, 2.45) is 0 Å². The summed E-state index contributed by atoms with van der Waals surface area (Å²) < 4.78 is 0. The molecule has 1 aliphatic carbocycles. The van der Waals surface area contributed by atoms with Gasteiger partial charge in [0.05, 0.1) is 16.7 Å². The van der Waals surface area contributed by atoms with Crippen molar-refractivity contribution >= 4 is 29.1 Å². The van der Waals surface area contributed by atoms with Crippen molar-refractivity contribution in [3.8, 4) is 6.07 Å². The molecule has 4 nitrogen and oxygen atoms in total. The molecule has 0 atom stereocenters. The summed E-state index contributed by atoms with van der Waals surface area (Å²) in [7, 11) is 0. The smallest absolute Gasteiger partial charge is 0.254 e. The monoisotopic (exact) mass is 311 g/mol. The van der Waals surface area contributed by atoms with Crippen molar-refractivity contribution in [1.29, 1.82) is 5.26 Å². The lowest BCUT2D eigenvalue weighted by Gasteiger charge is -2.26. The second kappa shape index (κ2) is 6.43. The Balaban J connectivity index is 2.21. The van der Waals surface area contributed by atoms with Crippen molar-refractivity contribution < 1.29 is 4.79 Å². The van der Waals surface area contributed by atoms with Crippen LogP contribution in [0.3, 0.4) is 0 Å². The molecule has 1 amide bonds. The number of nitriles is 1. The topological polar surface area (TPSA) is 65.8 Å². The highest BCUT2D eigenvalue weighted by molar-refractivity contribution is 6.35. The van der Waals surface area contributed by atoms with Crippen molar-refractivity contribution in [2.45, 2.75) is 44.1 Å². The molecule has 1 aromatic rings.